The van der Waals surface area contributed by atoms with Crippen LogP contribution in [0.25, 0.3) is 11.3 Å². The molecule has 23 heavy (non-hydrogen) atoms. The zero-order valence-corrected chi connectivity index (χ0v) is 14.1. The van der Waals surface area contributed by atoms with Gasteiger partial charge in [-0.15, -0.1) is 0 Å². The fourth-order valence-corrected chi connectivity index (χ4v) is 2.47. The van der Waals surface area contributed by atoms with Gasteiger partial charge >= 0.3 is 0 Å². The van der Waals surface area contributed by atoms with Crippen molar-refractivity contribution in [3.63, 3.8) is 0 Å². The highest BCUT2D eigenvalue weighted by Crippen LogP contribution is 2.30. The molecule has 0 atom stereocenters. The van der Waals surface area contributed by atoms with Crippen molar-refractivity contribution < 1.29 is 4.63 Å². The predicted molar refractivity (Wildman–Crippen MR) is 90.7 cm³/mol. The molecule has 0 radical (unpaired) electrons. The number of nitrogens with one attached hydrogen (secondary N) is 1. The number of fused-ring (bicyclic) bond motifs is 1. The van der Waals surface area contributed by atoms with Crippen molar-refractivity contribution in [3.05, 3.63) is 28.2 Å². The third-order valence-corrected chi connectivity index (χ3v) is 4.08. The summed E-state index contributed by atoms with van der Waals surface area (Å²) in [5.74, 6) is 1.22. The number of nitrogens with zero attached hydrogens (tertiary/aromatic N) is 5. The Morgan fingerprint density at radius 1 is 1.04 bits per heavy atom. The largest absolute Gasteiger partial charge is 0.354 e. The standard InChI is InChI=1S/C14H14Cl2N6O/c1-3-22(4-2)14-13(18-11-12(19-14)21-23-20-11)17-8-5-6-9(15)10(16)7-8/h5-7H,3-4H2,1-2H3,(H,17,18,20). The van der Waals surface area contributed by atoms with Gasteiger partial charge in [-0.3, -0.25) is 0 Å². The van der Waals surface area contributed by atoms with Gasteiger partial charge in [0.25, 0.3) is 0 Å². The highest BCUT2D eigenvalue weighted by molar-refractivity contribution is 6.42. The lowest BCUT2D eigenvalue weighted by molar-refractivity contribution is 0.314. The first-order chi connectivity index (χ1) is 11.1. The number of benzene rings is 1. The van der Waals surface area contributed by atoms with E-state index in [2.05, 4.69) is 30.5 Å². The zero-order valence-electron chi connectivity index (χ0n) is 12.5. The van der Waals surface area contributed by atoms with Gasteiger partial charge in [-0.2, -0.15) is 0 Å². The van der Waals surface area contributed by atoms with Crippen LogP contribution in [0.4, 0.5) is 17.3 Å². The molecule has 0 spiro atoms. The minimum Gasteiger partial charge on any atom is -0.354 e. The molecule has 9 heteroatoms. The van der Waals surface area contributed by atoms with Crippen LogP contribution < -0.4 is 10.2 Å². The monoisotopic (exact) mass is 352 g/mol. The first-order valence-corrected chi connectivity index (χ1v) is 7.85. The van der Waals surface area contributed by atoms with Gasteiger partial charge in [-0.1, -0.05) is 23.2 Å². The van der Waals surface area contributed by atoms with Gasteiger partial charge in [-0.25, -0.2) is 14.6 Å². The molecule has 3 rings (SSSR count). The van der Waals surface area contributed by atoms with Gasteiger partial charge in [0, 0.05) is 18.8 Å². The van der Waals surface area contributed by atoms with E-state index in [1.54, 1.807) is 12.1 Å². The van der Waals surface area contributed by atoms with Crippen LogP contribution in [0.1, 0.15) is 13.8 Å². The predicted octanol–water partition coefficient (Wildman–Crippen LogP) is 3.91. The van der Waals surface area contributed by atoms with E-state index < -0.39 is 0 Å². The van der Waals surface area contributed by atoms with Crippen molar-refractivity contribution in [2.75, 3.05) is 23.3 Å². The summed E-state index contributed by atoms with van der Waals surface area (Å²) in [6.45, 7) is 5.63. The van der Waals surface area contributed by atoms with E-state index in [4.69, 9.17) is 27.8 Å². The molecule has 0 saturated heterocycles. The quantitative estimate of drug-likeness (QED) is 0.745. The van der Waals surface area contributed by atoms with Crippen LogP contribution in [0, 0.1) is 0 Å². The third-order valence-electron chi connectivity index (χ3n) is 3.34. The fraction of sp³-hybridized carbons (Fsp3) is 0.286. The molecule has 1 aromatic carbocycles. The number of hydrogen-bond donors (Lipinski definition) is 1. The molecule has 0 fully saturated rings. The van der Waals surface area contributed by atoms with E-state index in [-0.39, 0.29) is 0 Å². The minimum absolute atomic E-state index is 0.337. The molecular weight excluding hydrogens is 339 g/mol. The molecule has 3 aromatic rings. The van der Waals surface area contributed by atoms with Gasteiger partial charge in [0.1, 0.15) is 0 Å². The van der Waals surface area contributed by atoms with E-state index in [0.717, 1.165) is 18.8 Å². The molecule has 0 amide bonds. The molecule has 1 N–H and O–H groups in total. The number of halogens is 2. The lowest BCUT2D eigenvalue weighted by Crippen LogP contribution is -2.24. The van der Waals surface area contributed by atoms with Crippen LogP contribution in [0.2, 0.25) is 10.0 Å². The molecule has 7 nitrogen and oxygen atoms in total. The van der Waals surface area contributed by atoms with Gasteiger partial charge in [-0.05, 0) is 42.4 Å². The number of rotatable bonds is 5. The Bertz CT molecular complexity index is 833. The minimum atomic E-state index is 0.337. The summed E-state index contributed by atoms with van der Waals surface area (Å²) < 4.78 is 4.70. The van der Waals surface area contributed by atoms with Crippen LogP contribution >= 0.6 is 23.2 Å². The Morgan fingerprint density at radius 3 is 2.39 bits per heavy atom. The second-order valence-corrected chi connectivity index (χ2v) is 5.55. The second kappa shape index (κ2) is 6.55. The van der Waals surface area contributed by atoms with Crippen molar-refractivity contribution in [2.24, 2.45) is 0 Å². The van der Waals surface area contributed by atoms with Crippen LogP contribution in [0.3, 0.4) is 0 Å². The summed E-state index contributed by atoms with van der Waals surface area (Å²) in [4.78, 5) is 11.0. The third kappa shape index (κ3) is 3.16. The van der Waals surface area contributed by atoms with Crippen molar-refractivity contribution in [1.29, 1.82) is 0 Å². The lowest BCUT2D eigenvalue weighted by Gasteiger charge is -2.22. The molecule has 0 saturated carbocycles. The summed E-state index contributed by atoms with van der Waals surface area (Å²) in [5.41, 5.74) is 1.45. The van der Waals surface area contributed by atoms with E-state index in [1.807, 2.05) is 19.9 Å². The van der Waals surface area contributed by atoms with Gasteiger partial charge in [0.05, 0.1) is 10.0 Å². The maximum absolute atomic E-state index is 6.06. The lowest BCUT2D eigenvalue weighted by atomic mass is 10.3. The normalized spacial score (nSPS) is 11.0. The Hall–Kier alpha value is -2.12. The topological polar surface area (TPSA) is 80.0 Å². The molecule has 0 aliphatic carbocycles. The smallest absolute Gasteiger partial charge is 0.245 e. The Balaban J connectivity index is 2.06. The summed E-state index contributed by atoms with van der Waals surface area (Å²) in [7, 11) is 0. The number of anilines is 3. The highest BCUT2D eigenvalue weighted by atomic mass is 35.5. The van der Waals surface area contributed by atoms with Crippen molar-refractivity contribution in [3.8, 4) is 0 Å². The summed E-state index contributed by atoms with van der Waals surface area (Å²) in [6.07, 6.45) is 0. The summed E-state index contributed by atoms with van der Waals surface area (Å²) in [6, 6.07) is 5.25. The highest BCUT2D eigenvalue weighted by Gasteiger charge is 2.17. The average molecular weight is 353 g/mol. The average Bonchev–Trinajstić information content (AvgIpc) is 2.99. The van der Waals surface area contributed by atoms with E-state index in [1.165, 1.54) is 0 Å². The maximum Gasteiger partial charge on any atom is 0.245 e. The van der Waals surface area contributed by atoms with Crippen LogP contribution in [-0.4, -0.2) is 33.4 Å². The number of aromatic nitrogens is 4. The molecule has 120 valence electrons. The van der Waals surface area contributed by atoms with Gasteiger partial charge in [0.15, 0.2) is 11.6 Å². The Kier molecular flexibility index (Phi) is 4.49. The molecule has 2 aromatic heterocycles. The van der Waals surface area contributed by atoms with E-state index in [9.17, 15) is 0 Å². The second-order valence-electron chi connectivity index (χ2n) is 4.73. The maximum atomic E-state index is 6.06. The fourth-order valence-electron chi connectivity index (χ4n) is 2.17. The first kappa shape index (κ1) is 15.8. The number of hydrogen-bond acceptors (Lipinski definition) is 7. The molecule has 0 bridgehead atoms. The Labute approximate surface area is 142 Å². The van der Waals surface area contributed by atoms with Gasteiger partial charge < -0.3 is 10.2 Å². The van der Waals surface area contributed by atoms with E-state index >= 15 is 0 Å². The van der Waals surface area contributed by atoms with Crippen molar-refractivity contribution in [1.82, 2.24) is 20.3 Å². The zero-order chi connectivity index (χ0) is 16.4. The molecule has 2 heterocycles. The SMILES string of the molecule is CCN(CC)c1nc2nonc2nc1Nc1ccc(Cl)c(Cl)c1. The van der Waals surface area contributed by atoms with Crippen LogP contribution in [0.5, 0.6) is 0 Å². The van der Waals surface area contributed by atoms with Crippen LogP contribution in [0.15, 0.2) is 22.8 Å². The molecule has 0 unspecified atom stereocenters. The summed E-state index contributed by atoms with van der Waals surface area (Å²) in [5, 5.41) is 11.6. The molecular formula is C14H14Cl2N6O. The Morgan fingerprint density at radius 2 is 1.74 bits per heavy atom. The van der Waals surface area contributed by atoms with Crippen molar-refractivity contribution in [2.45, 2.75) is 13.8 Å². The molecule has 0 aliphatic heterocycles. The van der Waals surface area contributed by atoms with Crippen molar-refractivity contribution >= 4 is 51.8 Å². The van der Waals surface area contributed by atoms with Crippen LogP contribution in [-0.2, 0) is 0 Å². The molecule has 0 aliphatic rings. The van der Waals surface area contributed by atoms with E-state index in [0.29, 0.717) is 33.0 Å². The first-order valence-electron chi connectivity index (χ1n) is 7.09. The summed E-state index contributed by atoms with van der Waals surface area (Å²) >= 11 is 12.0. The van der Waals surface area contributed by atoms with Gasteiger partial charge in [0.2, 0.25) is 11.3 Å².